The highest BCUT2D eigenvalue weighted by Gasteiger charge is 2.37. The molecule has 2 atom stereocenters. The zero-order valence-corrected chi connectivity index (χ0v) is 14.0. The molecule has 0 heterocycles. The number of hydrogen-bond acceptors (Lipinski definition) is 0. The van der Waals surface area contributed by atoms with Crippen molar-refractivity contribution in [2.24, 2.45) is 11.3 Å². The number of benzene rings is 1. The van der Waals surface area contributed by atoms with E-state index in [1.807, 2.05) is 26.0 Å². The molecule has 0 radical (unpaired) electrons. The molecule has 0 aromatic heterocycles. The Balaban J connectivity index is 2.31. The minimum Gasteiger partial charge on any atom is -0.206 e. The molecular formula is C17H24BrF. The fraction of sp³-hybridized carbons (Fsp3) is 0.647. The summed E-state index contributed by atoms with van der Waals surface area (Å²) in [6.07, 6.45) is 5.21. The van der Waals surface area contributed by atoms with Crippen LogP contribution in [-0.2, 0) is 0 Å². The van der Waals surface area contributed by atoms with Crippen molar-refractivity contribution < 1.29 is 4.39 Å². The van der Waals surface area contributed by atoms with Gasteiger partial charge in [-0.1, -0.05) is 54.8 Å². The molecule has 1 aliphatic carbocycles. The van der Waals surface area contributed by atoms with Crippen LogP contribution in [0.3, 0.4) is 0 Å². The molecule has 0 spiro atoms. The van der Waals surface area contributed by atoms with Gasteiger partial charge >= 0.3 is 0 Å². The SMILES string of the molecule is Cc1cc(C(Br)C2CCCCC2(C)C)cc(C)c1F. The van der Waals surface area contributed by atoms with E-state index in [9.17, 15) is 4.39 Å². The molecule has 19 heavy (non-hydrogen) atoms. The summed E-state index contributed by atoms with van der Waals surface area (Å²) < 4.78 is 13.8. The molecule has 1 aromatic carbocycles. The third kappa shape index (κ3) is 3.04. The Kier molecular flexibility index (Phi) is 4.39. The van der Waals surface area contributed by atoms with Gasteiger partial charge in [-0.15, -0.1) is 0 Å². The first-order valence-corrected chi connectivity index (χ1v) is 8.15. The second-order valence-electron chi connectivity index (χ2n) is 6.71. The van der Waals surface area contributed by atoms with Crippen molar-refractivity contribution in [2.45, 2.75) is 58.2 Å². The molecular weight excluding hydrogens is 303 g/mol. The summed E-state index contributed by atoms with van der Waals surface area (Å²) in [5.74, 6) is 0.567. The van der Waals surface area contributed by atoms with Crippen molar-refractivity contribution in [1.82, 2.24) is 0 Å². The van der Waals surface area contributed by atoms with Gasteiger partial charge < -0.3 is 0 Å². The fourth-order valence-electron chi connectivity index (χ4n) is 3.43. The minimum atomic E-state index is -0.0636. The smallest absolute Gasteiger partial charge is 0.129 e. The van der Waals surface area contributed by atoms with Crippen molar-refractivity contribution in [3.05, 3.63) is 34.6 Å². The number of hydrogen-bond donors (Lipinski definition) is 0. The van der Waals surface area contributed by atoms with Crippen LogP contribution < -0.4 is 0 Å². The molecule has 106 valence electrons. The Hall–Kier alpha value is -0.370. The minimum absolute atomic E-state index is 0.0636. The van der Waals surface area contributed by atoms with Gasteiger partial charge in [0, 0.05) is 4.83 Å². The van der Waals surface area contributed by atoms with Crippen LogP contribution in [0.15, 0.2) is 12.1 Å². The first-order valence-electron chi connectivity index (χ1n) is 7.23. The van der Waals surface area contributed by atoms with Crippen LogP contribution in [0, 0.1) is 31.0 Å². The molecule has 0 amide bonds. The third-order valence-corrected chi connectivity index (χ3v) is 5.89. The van der Waals surface area contributed by atoms with Crippen molar-refractivity contribution >= 4 is 15.9 Å². The molecule has 2 rings (SSSR count). The lowest BCUT2D eigenvalue weighted by atomic mass is 9.66. The zero-order chi connectivity index (χ0) is 14.2. The Bertz CT molecular complexity index is 441. The molecule has 1 aromatic rings. The Morgan fingerprint density at radius 2 is 1.79 bits per heavy atom. The van der Waals surface area contributed by atoms with Crippen LogP contribution in [0.2, 0.25) is 0 Å². The van der Waals surface area contributed by atoms with Gasteiger partial charge in [0.05, 0.1) is 0 Å². The van der Waals surface area contributed by atoms with E-state index in [1.165, 1.54) is 31.2 Å². The van der Waals surface area contributed by atoms with Gasteiger partial charge in [0.1, 0.15) is 5.82 Å². The lowest BCUT2D eigenvalue weighted by molar-refractivity contribution is 0.136. The summed E-state index contributed by atoms with van der Waals surface area (Å²) in [5.41, 5.74) is 3.11. The van der Waals surface area contributed by atoms with Crippen LogP contribution in [0.25, 0.3) is 0 Å². The Morgan fingerprint density at radius 1 is 1.21 bits per heavy atom. The van der Waals surface area contributed by atoms with Crippen LogP contribution in [0.5, 0.6) is 0 Å². The largest absolute Gasteiger partial charge is 0.206 e. The monoisotopic (exact) mass is 326 g/mol. The maximum absolute atomic E-state index is 13.8. The Morgan fingerprint density at radius 3 is 2.32 bits per heavy atom. The van der Waals surface area contributed by atoms with Crippen molar-refractivity contribution in [2.75, 3.05) is 0 Å². The fourth-order valence-corrected chi connectivity index (χ4v) is 4.68. The van der Waals surface area contributed by atoms with Gasteiger partial charge in [0.25, 0.3) is 0 Å². The van der Waals surface area contributed by atoms with Crippen molar-refractivity contribution in [1.29, 1.82) is 0 Å². The number of rotatable bonds is 2. The normalized spacial score (nSPS) is 24.2. The van der Waals surface area contributed by atoms with Gasteiger partial charge in [-0.25, -0.2) is 4.39 Å². The maximum atomic E-state index is 13.8. The first kappa shape index (κ1) is 15.0. The van der Waals surface area contributed by atoms with Crippen LogP contribution >= 0.6 is 15.9 Å². The van der Waals surface area contributed by atoms with E-state index < -0.39 is 0 Å². The number of halogens is 2. The quantitative estimate of drug-likeness (QED) is 0.576. The molecule has 0 nitrogen and oxygen atoms in total. The molecule has 1 aliphatic rings. The van der Waals surface area contributed by atoms with Crippen LogP contribution in [0.1, 0.15) is 61.0 Å². The van der Waals surface area contributed by atoms with E-state index in [0.29, 0.717) is 16.2 Å². The molecule has 0 bridgehead atoms. The topological polar surface area (TPSA) is 0 Å². The van der Waals surface area contributed by atoms with Gasteiger partial charge in [-0.2, -0.15) is 0 Å². The number of alkyl halides is 1. The molecule has 0 aliphatic heterocycles. The first-order chi connectivity index (χ1) is 8.83. The molecule has 2 unspecified atom stereocenters. The average molecular weight is 327 g/mol. The zero-order valence-electron chi connectivity index (χ0n) is 12.4. The summed E-state index contributed by atoms with van der Waals surface area (Å²) in [7, 11) is 0. The highest BCUT2D eigenvalue weighted by atomic mass is 79.9. The van der Waals surface area contributed by atoms with E-state index in [4.69, 9.17) is 0 Å². The van der Waals surface area contributed by atoms with E-state index in [2.05, 4.69) is 29.8 Å². The van der Waals surface area contributed by atoms with E-state index in [0.717, 1.165) is 11.1 Å². The summed E-state index contributed by atoms with van der Waals surface area (Å²) in [5, 5.41) is 0. The summed E-state index contributed by atoms with van der Waals surface area (Å²) in [6.45, 7) is 8.46. The highest BCUT2D eigenvalue weighted by Crippen LogP contribution is 2.50. The predicted molar refractivity (Wildman–Crippen MR) is 83.3 cm³/mol. The highest BCUT2D eigenvalue weighted by molar-refractivity contribution is 9.09. The lowest BCUT2D eigenvalue weighted by Gasteiger charge is -2.41. The standard InChI is InChI=1S/C17H24BrF/c1-11-9-13(10-12(2)16(11)19)15(18)14-7-5-6-8-17(14,3)4/h9-10,14-15H,5-8H2,1-4H3. The molecule has 0 saturated heterocycles. The molecule has 1 saturated carbocycles. The van der Waals surface area contributed by atoms with Gasteiger partial charge in [0.2, 0.25) is 0 Å². The van der Waals surface area contributed by atoms with Crippen LogP contribution in [-0.4, -0.2) is 0 Å². The maximum Gasteiger partial charge on any atom is 0.129 e. The van der Waals surface area contributed by atoms with Crippen molar-refractivity contribution in [3.8, 4) is 0 Å². The van der Waals surface area contributed by atoms with E-state index in [-0.39, 0.29) is 5.82 Å². The van der Waals surface area contributed by atoms with Crippen molar-refractivity contribution in [3.63, 3.8) is 0 Å². The summed E-state index contributed by atoms with van der Waals surface area (Å²) >= 11 is 3.89. The third-order valence-electron chi connectivity index (χ3n) is 4.72. The van der Waals surface area contributed by atoms with Gasteiger partial charge in [0.15, 0.2) is 0 Å². The van der Waals surface area contributed by atoms with Gasteiger partial charge in [-0.05, 0) is 54.7 Å². The van der Waals surface area contributed by atoms with E-state index in [1.54, 1.807) is 0 Å². The second kappa shape index (κ2) is 5.55. The lowest BCUT2D eigenvalue weighted by Crippen LogP contribution is -2.30. The van der Waals surface area contributed by atoms with E-state index >= 15 is 0 Å². The summed E-state index contributed by atoms with van der Waals surface area (Å²) in [6, 6.07) is 4.01. The summed E-state index contributed by atoms with van der Waals surface area (Å²) in [4.78, 5) is 0.334. The number of aryl methyl sites for hydroxylation is 2. The Labute approximate surface area is 124 Å². The predicted octanol–water partition coefficient (Wildman–Crippen LogP) is 6.09. The average Bonchev–Trinajstić information content (AvgIpc) is 2.34. The molecule has 0 N–H and O–H groups in total. The van der Waals surface area contributed by atoms with Crippen LogP contribution in [0.4, 0.5) is 4.39 Å². The second-order valence-corrected chi connectivity index (χ2v) is 7.70. The molecule has 2 heteroatoms. The molecule has 1 fully saturated rings. The van der Waals surface area contributed by atoms with Gasteiger partial charge in [-0.3, -0.25) is 0 Å².